The van der Waals surface area contributed by atoms with Crippen molar-refractivity contribution >= 4 is 41.0 Å². The zero-order valence-corrected chi connectivity index (χ0v) is 26.3. The lowest BCUT2D eigenvalue weighted by Crippen LogP contribution is -2.52. The number of imide groups is 1. The Morgan fingerprint density at radius 1 is 0.935 bits per heavy atom. The van der Waals surface area contributed by atoms with Crippen LogP contribution < -0.4 is 15.5 Å². The quantitative estimate of drug-likeness (QED) is 0.362. The number of fused-ring (bicyclic) bond motifs is 1. The molecule has 3 aromatic rings. The monoisotopic (exact) mass is 645 g/mol. The van der Waals surface area contributed by atoms with Gasteiger partial charge < -0.3 is 15.1 Å². The van der Waals surface area contributed by atoms with Gasteiger partial charge in [0.25, 0.3) is 5.91 Å². The van der Waals surface area contributed by atoms with E-state index in [4.69, 9.17) is 11.6 Å². The summed E-state index contributed by atoms with van der Waals surface area (Å²) in [4.78, 5) is 51.8. The van der Waals surface area contributed by atoms with Crippen LogP contribution in [0, 0.1) is 5.82 Å². The van der Waals surface area contributed by atoms with Crippen LogP contribution >= 0.6 is 11.6 Å². The summed E-state index contributed by atoms with van der Waals surface area (Å²) in [7, 11) is 0. The number of nitrogens with one attached hydrogen (secondary N) is 2. The lowest BCUT2D eigenvalue weighted by atomic mass is 9.87. The van der Waals surface area contributed by atoms with Crippen molar-refractivity contribution in [2.75, 3.05) is 36.4 Å². The van der Waals surface area contributed by atoms with Crippen molar-refractivity contribution in [1.82, 2.24) is 25.1 Å². The van der Waals surface area contributed by atoms with Gasteiger partial charge in [-0.15, -0.1) is 0 Å². The number of nitrogens with zero attached hydrogens (tertiary/aromatic N) is 5. The number of anilines is 2. The number of carbonyl (C=O) groups excluding carboxylic acids is 3. The van der Waals surface area contributed by atoms with Gasteiger partial charge in [0.1, 0.15) is 11.9 Å². The molecule has 5 heterocycles. The highest BCUT2D eigenvalue weighted by Gasteiger charge is 2.40. The van der Waals surface area contributed by atoms with Crippen LogP contribution in [0.15, 0.2) is 48.8 Å². The third-order valence-corrected chi connectivity index (χ3v) is 10.0. The number of halogens is 2. The van der Waals surface area contributed by atoms with Crippen molar-refractivity contribution in [3.8, 4) is 0 Å². The molecule has 0 bridgehead atoms. The van der Waals surface area contributed by atoms with E-state index in [0.717, 1.165) is 64.0 Å². The van der Waals surface area contributed by atoms with Gasteiger partial charge in [0, 0.05) is 49.9 Å². The van der Waals surface area contributed by atoms with Gasteiger partial charge in [0.05, 0.1) is 17.4 Å². The van der Waals surface area contributed by atoms with Crippen LogP contribution in [0.5, 0.6) is 0 Å². The molecule has 0 saturated carbocycles. The summed E-state index contributed by atoms with van der Waals surface area (Å²) in [5, 5.41) is 6.25. The number of hydrogen-bond acceptors (Lipinski definition) is 8. The second kappa shape index (κ2) is 13.0. The summed E-state index contributed by atoms with van der Waals surface area (Å²) in [5.41, 5.74) is 4.21. The number of rotatable bonds is 7. The Bertz CT molecular complexity index is 1620. The molecule has 4 aliphatic heterocycles. The van der Waals surface area contributed by atoms with E-state index in [1.807, 2.05) is 6.07 Å². The van der Waals surface area contributed by atoms with Crippen LogP contribution in [0.1, 0.15) is 71.5 Å². The average Bonchev–Trinajstić information content (AvgIpc) is 3.37. The maximum atomic E-state index is 15.3. The number of hydrogen-bond donors (Lipinski definition) is 2. The molecular weight excluding hydrogens is 609 g/mol. The molecule has 46 heavy (non-hydrogen) atoms. The van der Waals surface area contributed by atoms with Crippen molar-refractivity contribution in [2.24, 2.45) is 0 Å². The summed E-state index contributed by atoms with van der Waals surface area (Å²) >= 11 is 5.89. The molecule has 3 saturated heterocycles. The minimum absolute atomic E-state index is 0.0763. The fourth-order valence-electron chi connectivity index (χ4n) is 7.25. The first-order valence-corrected chi connectivity index (χ1v) is 16.5. The van der Waals surface area contributed by atoms with Crippen LogP contribution in [0.4, 0.5) is 16.0 Å². The number of amides is 3. The van der Waals surface area contributed by atoms with E-state index >= 15 is 4.39 Å². The molecule has 2 aromatic carbocycles. The topological polar surface area (TPSA) is 111 Å². The molecule has 0 aliphatic carbocycles. The number of benzene rings is 2. The van der Waals surface area contributed by atoms with Crippen molar-refractivity contribution in [3.63, 3.8) is 0 Å². The van der Waals surface area contributed by atoms with Crippen molar-refractivity contribution in [3.05, 3.63) is 81.9 Å². The highest BCUT2D eigenvalue weighted by molar-refractivity contribution is 6.30. The predicted molar refractivity (Wildman–Crippen MR) is 172 cm³/mol. The Balaban J connectivity index is 0.899. The van der Waals surface area contributed by atoms with Crippen molar-refractivity contribution in [1.29, 1.82) is 0 Å². The third kappa shape index (κ3) is 6.43. The highest BCUT2D eigenvalue weighted by atomic mass is 35.5. The van der Waals surface area contributed by atoms with Gasteiger partial charge in [-0.05, 0) is 86.0 Å². The first-order chi connectivity index (χ1) is 22.3. The molecule has 1 unspecified atom stereocenters. The molecule has 4 aliphatic rings. The minimum Gasteiger partial charge on any atom is -0.371 e. The molecule has 3 amide bonds. The van der Waals surface area contributed by atoms with Gasteiger partial charge in [-0.2, -0.15) is 0 Å². The Morgan fingerprint density at radius 3 is 2.35 bits per heavy atom. The van der Waals surface area contributed by atoms with Crippen LogP contribution in [-0.4, -0.2) is 75.8 Å². The Morgan fingerprint density at radius 2 is 1.65 bits per heavy atom. The van der Waals surface area contributed by atoms with Gasteiger partial charge in [0.15, 0.2) is 0 Å². The fraction of sp³-hybridized carbons (Fsp3) is 0.441. The predicted octanol–water partition coefficient (Wildman–Crippen LogP) is 4.49. The molecule has 12 heteroatoms. The van der Waals surface area contributed by atoms with Crippen LogP contribution in [0.2, 0.25) is 5.02 Å². The molecule has 0 spiro atoms. The highest BCUT2D eigenvalue weighted by Crippen LogP contribution is 2.36. The summed E-state index contributed by atoms with van der Waals surface area (Å²) in [6, 6.07) is 11.6. The van der Waals surface area contributed by atoms with Gasteiger partial charge >= 0.3 is 0 Å². The summed E-state index contributed by atoms with van der Waals surface area (Å²) < 4.78 is 15.3. The maximum Gasteiger partial charge on any atom is 0.255 e. The molecule has 240 valence electrons. The Hall–Kier alpha value is -4.09. The number of carbonyl (C=O) groups is 3. The second-order valence-electron chi connectivity index (χ2n) is 12.8. The first-order valence-electron chi connectivity index (χ1n) is 16.1. The molecular formula is C34H37ClFN7O3. The molecule has 7 rings (SSSR count). The largest absolute Gasteiger partial charge is 0.371 e. The van der Waals surface area contributed by atoms with E-state index in [1.54, 1.807) is 12.4 Å². The van der Waals surface area contributed by atoms with E-state index in [0.29, 0.717) is 34.6 Å². The van der Waals surface area contributed by atoms with E-state index in [2.05, 4.69) is 54.7 Å². The fourth-order valence-corrected chi connectivity index (χ4v) is 7.34. The van der Waals surface area contributed by atoms with Crippen molar-refractivity contribution in [2.45, 2.75) is 69.6 Å². The summed E-state index contributed by atoms with van der Waals surface area (Å²) in [6.45, 7) is 4.75. The van der Waals surface area contributed by atoms with E-state index in [1.165, 1.54) is 22.2 Å². The number of likely N-dealkylation sites (tertiary alicyclic amines) is 1. The average molecular weight is 646 g/mol. The standard InChI is InChI=1S/C34H37ClFN7O3/c35-24-17-37-34(38-18-24)39-25-9-13-42(14-10-25)26-3-1-21(2-4-26)19-41-11-7-22(8-12-41)27-15-23-20-43(33(46)28(23)16-29(27)36)30-5-6-31(44)40-32(30)45/h1-4,15-18,22,25,30H,5-14,19-20H2,(H,37,38,39)(H,40,44,45). The first kappa shape index (κ1) is 30.6. The smallest absolute Gasteiger partial charge is 0.255 e. The molecule has 10 nitrogen and oxygen atoms in total. The van der Waals surface area contributed by atoms with Crippen LogP contribution in [0.3, 0.4) is 0 Å². The lowest BCUT2D eigenvalue weighted by molar-refractivity contribution is -0.136. The zero-order chi connectivity index (χ0) is 31.8. The van der Waals surface area contributed by atoms with E-state index in [9.17, 15) is 14.4 Å². The Kier molecular flexibility index (Phi) is 8.61. The lowest BCUT2D eigenvalue weighted by Gasteiger charge is -2.34. The van der Waals surface area contributed by atoms with Gasteiger partial charge in [0.2, 0.25) is 17.8 Å². The summed E-state index contributed by atoms with van der Waals surface area (Å²) in [6.07, 6.45) is 7.37. The minimum atomic E-state index is -0.702. The van der Waals surface area contributed by atoms with Crippen molar-refractivity contribution < 1.29 is 18.8 Å². The third-order valence-electron chi connectivity index (χ3n) is 9.82. The molecule has 0 radical (unpaired) electrons. The summed E-state index contributed by atoms with van der Waals surface area (Å²) in [5.74, 6) is -0.796. The zero-order valence-electron chi connectivity index (χ0n) is 25.6. The maximum absolute atomic E-state index is 15.3. The van der Waals surface area contributed by atoms with E-state index < -0.39 is 11.9 Å². The number of piperidine rings is 3. The van der Waals surface area contributed by atoms with Crippen LogP contribution in [-0.2, 0) is 22.7 Å². The molecule has 1 atom stereocenters. The molecule has 1 aromatic heterocycles. The Labute approximate surface area is 272 Å². The normalized spacial score (nSPS) is 21.4. The van der Waals surface area contributed by atoms with Crippen LogP contribution in [0.25, 0.3) is 0 Å². The second-order valence-corrected chi connectivity index (χ2v) is 13.2. The molecule has 3 fully saturated rings. The SMILES string of the molecule is O=C1CCC(N2Cc3cc(C4CCN(Cc5ccc(N6CCC(Nc7ncc(Cl)cn7)CC6)cc5)CC4)c(F)cc3C2=O)C(=O)N1. The van der Waals surface area contributed by atoms with E-state index in [-0.39, 0.29) is 36.5 Å². The van der Waals surface area contributed by atoms with Gasteiger partial charge in [-0.1, -0.05) is 29.8 Å². The van der Waals surface area contributed by atoms with Gasteiger partial charge in [-0.3, -0.25) is 24.6 Å². The molecule has 2 N–H and O–H groups in total. The van der Waals surface area contributed by atoms with Gasteiger partial charge in [-0.25, -0.2) is 14.4 Å². The number of aromatic nitrogens is 2.